The summed E-state index contributed by atoms with van der Waals surface area (Å²) in [6.45, 7) is 6.18. The lowest BCUT2D eigenvalue weighted by Crippen LogP contribution is -2.30. The molecule has 0 bridgehead atoms. The molecule has 3 nitrogen and oxygen atoms in total. The Balaban J connectivity index is 1.78. The summed E-state index contributed by atoms with van der Waals surface area (Å²) in [6.07, 6.45) is 0. The minimum Gasteiger partial charge on any atom is -0.370 e. The molecule has 0 radical (unpaired) electrons. The van der Waals surface area contributed by atoms with Gasteiger partial charge in [-0.2, -0.15) is 0 Å². The molecule has 1 heterocycles. The molecule has 1 N–H and O–H groups in total. The Morgan fingerprint density at radius 3 is 2.78 bits per heavy atom. The molecule has 1 aliphatic heterocycles. The van der Waals surface area contributed by atoms with E-state index in [0.29, 0.717) is 0 Å². The predicted octanol–water partition coefficient (Wildman–Crippen LogP) is 4.11. The highest BCUT2D eigenvalue weighted by Crippen LogP contribution is 2.35. The number of rotatable bonds is 4. The molecular formula is C19H22N2OS. The summed E-state index contributed by atoms with van der Waals surface area (Å²) < 4.78 is 0. The van der Waals surface area contributed by atoms with Gasteiger partial charge in [0.1, 0.15) is 0 Å². The molecule has 1 atom stereocenters. The molecule has 0 spiro atoms. The van der Waals surface area contributed by atoms with Gasteiger partial charge in [0.25, 0.3) is 5.91 Å². The van der Waals surface area contributed by atoms with Crippen molar-refractivity contribution >= 4 is 23.4 Å². The van der Waals surface area contributed by atoms with Crippen molar-refractivity contribution in [3.05, 3.63) is 59.7 Å². The molecule has 4 heteroatoms. The number of thioether (sulfide) groups is 1. The predicted molar refractivity (Wildman–Crippen MR) is 97.4 cm³/mol. The number of anilines is 1. The van der Waals surface area contributed by atoms with E-state index in [-0.39, 0.29) is 11.9 Å². The van der Waals surface area contributed by atoms with E-state index in [4.69, 9.17) is 0 Å². The van der Waals surface area contributed by atoms with Crippen LogP contribution >= 0.6 is 11.8 Å². The number of carbonyl (C=O) groups is 1. The van der Waals surface area contributed by atoms with Gasteiger partial charge < -0.3 is 10.2 Å². The van der Waals surface area contributed by atoms with E-state index < -0.39 is 0 Å². The fraction of sp³-hybridized carbons (Fsp3) is 0.316. The fourth-order valence-corrected chi connectivity index (χ4v) is 3.88. The topological polar surface area (TPSA) is 32.3 Å². The van der Waals surface area contributed by atoms with Gasteiger partial charge in [0.15, 0.2) is 0 Å². The van der Waals surface area contributed by atoms with Gasteiger partial charge in [0.05, 0.1) is 11.7 Å². The molecule has 120 valence electrons. The first-order valence-electron chi connectivity index (χ1n) is 8.06. The van der Waals surface area contributed by atoms with Gasteiger partial charge in [0.2, 0.25) is 0 Å². The van der Waals surface area contributed by atoms with Gasteiger partial charge in [-0.3, -0.25) is 4.79 Å². The molecule has 0 fully saturated rings. The smallest absolute Gasteiger partial charge is 0.251 e. The third-order valence-corrected chi connectivity index (χ3v) is 5.25. The summed E-state index contributed by atoms with van der Waals surface area (Å²) in [7, 11) is 0. The molecule has 2 aromatic carbocycles. The van der Waals surface area contributed by atoms with Crippen molar-refractivity contribution in [3.63, 3.8) is 0 Å². The first-order valence-corrected chi connectivity index (χ1v) is 9.05. The normalized spacial score (nSPS) is 15.0. The van der Waals surface area contributed by atoms with Crippen LogP contribution < -0.4 is 10.2 Å². The van der Waals surface area contributed by atoms with Crippen LogP contribution in [-0.2, 0) is 0 Å². The van der Waals surface area contributed by atoms with Crippen molar-refractivity contribution in [2.45, 2.75) is 24.8 Å². The molecule has 0 aliphatic carbocycles. The molecule has 1 amide bonds. The van der Waals surface area contributed by atoms with Crippen LogP contribution in [0.15, 0.2) is 53.4 Å². The highest BCUT2D eigenvalue weighted by Gasteiger charge is 2.19. The van der Waals surface area contributed by atoms with Crippen molar-refractivity contribution in [2.75, 3.05) is 23.7 Å². The van der Waals surface area contributed by atoms with E-state index in [1.807, 2.05) is 61.2 Å². The van der Waals surface area contributed by atoms with Gasteiger partial charge in [-0.25, -0.2) is 0 Å². The number of hydrogen-bond donors (Lipinski definition) is 1. The molecule has 23 heavy (non-hydrogen) atoms. The van der Waals surface area contributed by atoms with E-state index in [1.54, 1.807) is 0 Å². The maximum absolute atomic E-state index is 12.6. The molecule has 1 aliphatic rings. The summed E-state index contributed by atoms with van der Waals surface area (Å²) in [6, 6.07) is 16.1. The van der Waals surface area contributed by atoms with Crippen molar-refractivity contribution in [1.29, 1.82) is 0 Å². The summed E-state index contributed by atoms with van der Waals surface area (Å²) in [4.78, 5) is 16.2. The van der Waals surface area contributed by atoms with Crippen LogP contribution in [0, 0.1) is 0 Å². The number of hydrogen-bond acceptors (Lipinski definition) is 3. The van der Waals surface area contributed by atoms with Crippen LogP contribution in [0.2, 0.25) is 0 Å². The van der Waals surface area contributed by atoms with Crippen molar-refractivity contribution in [2.24, 2.45) is 0 Å². The summed E-state index contributed by atoms with van der Waals surface area (Å²) in [5.41, 5.74) is 3.03. The van der Waals surface area contributed by atoms with Crippen molar-refractivity contribution < 1.29 is 4.79 Å². The van der Waals surface area contributed by atoms with Crippen LogP contribution in [-0.4, -0.2) is 24.7 Å². The lowest BCUT2D eigenvalue weighted by molar-refractivity contribution is 0.0940. The number of fused-ring (bicyclic) bond motifs is 1. The molecule has 3 rings (SSSR count). The van der Waals surface area contributed by atoms with Gasteiger partial charge in [-0.1, -0.05) is 30.3 Å². The van der Waals surface area contributed by atoms with E-state index in [2.05, 4.69) is 23.2 Å². The zero-order valence-corrected chi connectivity index (χ0v) is 14.4. The Kier molecular flexibility index (Phi) is 4.91. The Labute approximate surface area is 142 Å². The zero-order chi connectivity index (χ0) is 16.2. The first-order chi connectivity index (χ1) is 11.2. The average molecular weight is 326 g/mol. The minimum atomic E-state index is -0.0178. The second-order valence-corrected chi connectivity index (χ2v) is 6.85. The maximum Gasteiger partial charge on any atom is 0.251 e. The van der Waals surface area contributed by atoms with Crippen molar-refractivity contribution in [1.82, 2.24) is 5.32 Å². The molecule has 0 aromatic heterocycles. The van der Waals surface area contributed by atoms with E-state index in [0.717, 1.165) is 30.0 Å². The number of nitrogens with zero attached hydrogens (tertiary/aromatic N) is 1. The summed E-state index contributed by atoms with van der Waals surface area (Å²) in [5, 5.41) is 3.09. The third kappa shape index (κ3) is 3.53. The van der Waals surface area contributed by atoms with Crippen LogP contribution in [0.25, 0.3) is 0 Å². The number of amides is 1. The van der Waals surface area contributed by atoms with Crippen LogP contribution in [0.1, 0.15) is 35.8 Å². The SMILES string of the molecule is CCN1CCSc2ccc(C(=O)N[C@H](C)c3ccccc3)cc21. The average Bonchev–Trinajstić information content (AvgIpc) is 2.61. The minimum absolute atomic E-state index is 0.00335. The first kappa shape index (κ1) is 15.9. The molecule has 0 unspecified atom stereocenters. The van der Waals surface area contributed by atoms with Gasteiger partial charge >= 0.3 is 0 Å². The van der Waals surface area contributed by atoms with Gasteiger partial charge in [-0.05, 0) is 37.6 Å². The van der Waals surface area contributed by atoms with E-state index >= 15 is 0 Å². The van der Waals surface area contributed by atoms with Crippen LogP contribution in [0.3, 0.4) is 0 Å². The van der Waals surface area contributed by atoms with E-state index in [1.165, 1.54) is 10.6 Å². The Hall–Kier alpha value is -1.94. The summed E-state index contributed by atoms with van der Waals surface area (Å²) in [5.74, 6) is 1.09. The molecular weight excluding hydrogens is 304 g/mol. The third-order valence-electron chi connectivity index (χ3n) is 4.21. The highest BCUT2D eigenvalue weighted by atomic mass is 32.2. The van der Waals surface area contributed by atoms with Gasteiger partial charge in [-0.15, -0.1) is 11.8 Å². The molecule has 0 saturated carbocycles. The number of carbonyl (C=O) groups excluding carboxylic acids is 1. The Morgan fingerprint density at radius 1 is 1.26 bits per heavy atom. The molecule has 2 aromatic rings. The summed E-state index contributed by atoms with van der Waals surface area (Å²) >= 11 is 1.87. The van der Waals surface area contributed by atoms with Gasteiger partial charge in [0, 0.05) is 29.3 Å². The maximum atomic E-state index is 12.6. The second-order valence-electron chi connectivity index (χ2n) is 5.72. The Bertz CT molecular complexity index is 687. The molecule has 0 saturated heterocycles. The van der Waals surface area contributed by atoms with Crippen molar-refractivity contribution in [3.8, 4) is 0 Å². The number of benzene rings is 2. The lowest BCUT2D eigenvalue weighted by Gasteiger charge is -2.30. The quantitative estimate of drug-likeness (QED) is 0.918. The second kappa shape index (κ2) is 7.09. The fourth-order valence-electron chi connectivity index (χ4n) is 2.85. The lowest BCUT2D eigenvalue weighted by atomic mass is 10.1. The van der Waals surface area contributed by atoms with Crippen LogP contribution in [0.4, 0.5) is 5.69 Å². The standard InChI is InChI=1S/C19H22N2OS/c1-3-21-11-12-23-18-10-9-16(13-17(18)21)19(22)20-14(2)15-7-5-4-6-8-15/h4-10,13-14H,3,11-12H2,1-2H3,(H,20,22)/t14-/m1/s1. The number of nitrogens with one attached hydrogen (secondary N) is 1. The zero-order valence-electron chi connectivity index (χ0n) is 13.6. The van der Waals surface area contributed by atoms with Crippen LogP contribution in [0.5, 0.6) is 0 Å². The van der Waals surface area contributed by atoms with E-state index in [9.17, 15) is 4.79 Å². The largest absolute Gasteiger partial charge is 0.370 e. The monoisotopic (exact) mass is 326 g/mol. The Morgan fingerprint density at radius 2 is 2.04 bits per heavy atom. The highest BCUT2D eigenvalue weighted by molar-refractivity contribution is 7.99.